The van der Waals surface area contributed by atoms with Crippen molar-refractivity contribution in [1.82, 2.24) is 0 Å². The summed E-state index contributed by atoms with van der Waals surface area (Å²) in [4.78, 5) is 20.4. The quantitative estimate of drug-likeness (QED) is 0.526. The summed E-state index contributed by atoms with van der Waals surface area (Å²) in [5.41, 5.74) is 0. The highest BCUT2D eigenvalue weighted by molar-refractivity contribution is 5.75. The largest absolute Gasteiger partial charge is 0.479 e. The van der Waals surface area contributed by atoms with Crippen LogP contribution in [0.5, 0.6) is 0 Å². The van der Waals surface area contributed by atoms with Crippen LogP contribution in [0.4, 0.5) is 0 Å². The zero-order valence-corrected chi connectivity index (χ0v) is 5.95. The van der Waals surface area contributed by atoms with E-state index in [0.29, 0.717) is 6.42 Å². The molecule has 5 heteroatoms. The maximum atomic E-state index is 10.5. The summed E-state index contributed by atoms with van der Waals surface area (Å²) in [5, 5.41) is 16.3. The molecule has 0 aromatic heterocycles. The number of ether oxygens (including phenoxy) is 1. The van der Waals surface area contributed by atoms with Gasteiger partial charge in [-0.05, 0) is 6.42 Å². The van der Waals surface area contributed by atoms with E-state index < -0.39 is 18.5 Å². The standard InChI is InChI=1S/C6H10O5/c7-3-1-2-6(10)11-4-5(8)9/h7H,1-4H2,(H,8,9). The number of esters is 1. The lowest BCUT2D eigenvalue weighted by Gasteiger charge is -1.98. The first kappa shape index (κ1) is 9.90. The lowest BCUT2D eigenvalue weighted by atomic mass is 10.3. The van der Waals surface area contributed by atoms with Gasteiger partial charge in [0.2, 0.25) is 0 Å². The first-order valence-corrected chi connectivity index (χ1v) is 3.15. The average Bonchev–Trinajstić information content (AvgIpc) is 1.97. The topological polar surface area (TPSA) is 83.8 Å². The summed E-state index contributed by atoms with van der Waals surface area (Å²) < 4.78 is 4.26. The van der Waals surface area contributed by atoms with Crippen LogP contribution < -0.4 is 0 Å². The third-order valence-electron chi connectivity index (χ3n) is 0.896. The van der Waals surface area contributed by atoms with Crippen molar-refractivity contribution in [3.8, 4) is 0 Å². The van der Waals surface area contributed by atoms with Gasteiger partial charge in [0, 0.05) is 13.0 Å². The molecule has 2 N–H and O–H groups in total. The molecule has 0 aliphatic heterocycles. The molecule has 0 aromatic rings. The van der Waals surface area contributed by atoms with Gasteiger partial charge >= 0.3 is 11.9 Å². The van der Waals surface area contributed by atoms with E-state index >= 15 is 0 Å². The second-order valence-corrected chi connectivity index (χ2v) is 1.88. The monoisotopic (exact) mass is 162 g/mol. The molecule has 0 saturated carbocycles. The highest BCUT2D eigenvalue weighted by Gasteiger charge is 2.04. The van der Waals surface area contributed by atoms with Crippen LogP contribution in [0.1, 0.15) is 12.8 Å². The number of aliphatic hydroxyl groups excluding tert-OH is 1. The van der Waals surface area contributed by atoms with Crippen molar-refractivity contribution in [2.75, 3.05) is 13.2 Å². The molecule has 0 fully saturated rings. The van der Waals surface area contributed by atoms with Gasteiger partial charge in [0.25, 0.3) is 0 Å². The molecule has 64 valence electrons. The Kier molecular flexibility index (Phi) is 5.10. The summed E-state index contributed by atoms with van der Waals surface area (Å²) in [6, 6.07) is 0. The van der Waals surface area contributed by atoms with Crippen LogP contribution in [0.15, 0.2) is 0 Å². The van der Waals surface area contributed by atoms with Crippen molar-refractivity contribution in [2.45, 2.75) is 12.8 Å². The van der Waals surface area contributed by atoms with E-state index in [9.17, 15) is 9.59 Å². The smallest absolute Gasteiger partial charge is 0.341 e. The number of hydrogen-bond donors (Lipinski definition) is 2. The number of carboxylic acid groups (broad SMARTS) is 1. The van der Waals surface area contributed by atoms with Crippen molar-refractivity contribution in [2.24, 2.45) is 0 Å². The van der Waals surface area contributed by atoms with Gasteiger partial charge in [-0.15, -0.1) is 0 Å². The molecule has 0 spiro atoms. The van der Waals surface area contributed by atoms with E-state index in [1.165, 1.54) is 0 Å². The summed E-state index contributed by atoms with van der Waals surface area (Å²) in [5.74, 6) is -1.77. The number of aliphatic carboxylic acids is 1. The predicted octanol–water partition coefficient (Wildman–Crippen LogP) is -0.613. The van der Waals surface area contributed by atoms with Crippen molar-refractivity contribution >= 4 is 11.9 Å². The van der Waals surface area contributed by atoms with Gasteiger partial charge in [-0.2, -0.15) is 0 Å². The highest BCUT2D eigenvalue weighted by Crippen LogP contribution is 1.90. The Balaban J connectivity index is 3.30. The Morgan fingerprint density at radius 3 is 2.45 bits per heavy atom. The number of carbonyl (C=O) groups is 2. The van der Waals surface area contributed by atoms with Crippen molar-refractivity contribution in [1.29, 1.82) is 0 Å². The van der Waals surface area contributed by atoms with Crippen LogP contribution in [0.2, 0.25) is 0 Å². The highest BCUT2D eigenvalue weighted by atomic mass is 16.5. The van der Waals surface area contributed by atoms with Gasteiger partial charge in [0.15, 0.2) is 6.61 Å². The lowest BCUT2D eigenvalue weighted by Crippen LogP contribution is -2.12. The first-order valence-electron chi connectivity index (χ1n) is 3.15. The molecule has 0 rings (SSSR count). The van der Waals surface area contributed by atoms with Gasteiger partial charge < -0.3 is 14.9 Å². The number of carbonyl (C=O) groups excluding carboxylic acids is 1. The second-order valence-electron chi connectivity index (χ2n) is 1.88. The van der Waals surface area contributed by atoms with E-state index in [2.05, 4.69) is 4.74 Å². The van der Waals surface area contributed by atoms with Crippen LogP contribution in [-0.4, -0.2) is 35.4 Å². The SMILES string of the molecule is O=C(O)COC(=O)CCCO. The minimum absolute atomic E-state index is 0.0593. The Morgan fingerprint density at radius 2 is 2.00 bits per heavy atom. The van der Waals surface area contributed by atoms with Gasteiger partial charge in [0.05, 0.1) is 0 Å². The molecule has 0 atom stereocenters. The normalized spacial score (nSPS) is 9.18. The minimum atomic E-state index is -1.18. The molecule has 0 saturated heterocycles. The van der Waals surface area contributed by atoms with Crippen LogP contribution in [0.3, 0.4) is 0 Å². The molecule has 0 aromatic carbocycles. The molecule has 0 aliphatic carbocycles. The van der Waals surface area contributed by atoms with E-state index in [1.807, 2.05) is 0 Å². The number of hydrogen-bond acceptors (Lipinski definition) is 4. The maximum Gasteiger partial charge on any atom is 0.341 e. The molecule has 0 unspecified atom stereocenters. The molecule has 5 nitrogen and oxygen atoms in total. The fourth-order valence-electron chi connectivity index (χ4n) is 0.438. The lowest BCUT2D eigenvalue weighted by molar-refractivity contribution is -0.155. The fraction of sp³-hybridized carbons (Fsp3) is 0.667. The van der Waals surface area contributed by atoms with Crippen LogP contribution in [0, 0.1) is 0 Å². The molecular weight excluding hydrogens is 152 g/mol. The number of carboxylic acids is 1. The molecule has 0 aliphatic rings. The van der Waals surface area contributed by atoms with E-state index in [4.69, 9.17) is 10.2 Å². The summed E-state index contributed by atoms with van der Waals surface area (Å²) >= 11 is 0. The Bertz CT molecular complexity index is 142. The molecule has 0 bridgehead atoms. The zero-order chi connectivity index (χ0) is 8.69. The summed E-state index contributed by atoms with van der Waals surface area (Å²) in [7, 11) is 0. The average molecular weight is 162 g/mol. The first-order chi connectivity index (χ1) is 5.16. The van der Waals surface area contributed by atoms with Gasteiger partial charge in [0.1, 0.15) is 0 Å². The second kappa shape index (κ2) is 5.67. The fourth-order valence-corrected chi connectivity index (χ4v) is 0.438. The molecule has 11 heavy (non-hydrogen) atoms. The summed E-state index contributed by atoms with van der Waals surface area (Å²) in [6.45, 7) is -0.702. The predicted molar refractivity (Wildman–Crippen MR) is 34.9 cm³/mol. The van der Waals surface area contributed by atoms with Crippen LogP contribution in [0.25, 0.3) is 0 Å². The molecule has 0 heterocycles. The minimum Gasteiger partial charge on any atom is -0.479 e. The van der Waals surface area contributed by atoms with Crippen molar-refractivity contribution in [3.63, 3.8) is 0 Å². The van der Waals surface area contributed by atoms with Crippen LogP contribution >= 0.6 is 0 Å². The van der Waals surface area contributed by atoms with Crippen molar-refractivity contribution in [3.05, 3.63) is 0 Å². The number of rotatable bonds is 5. The van der Waals surface area contributed by atoms with Crippen LogP contribution in [-0.2, 0) is 14.3 Å². The Labute approximate surface area is 63.6 Å². The Morgan fingerprint density at radius 1 is 1.36 bits per heavy atom. The van der Waals surface area contributed by atoms with Gasteiger partial charge in [-0.1, -0.05) is 0 Å². The third kappa shape index (κ3) is 6.79. The summed E-state index contributed by atoms with van der Waals surface area (Å²) in [6.07, 6.45) is 0.363. The van der Waals surface area contributed by atoms with E-state index in [-0.39, 0.29) is 13.0 Å². The van der Waals surface area contributed by atoms with Gasteiger partial charge in [-0.3, -0.25) is 4.79 Å². The van der Waals surface area contributed by atoms with E-state index in [1.54, 1.807) is 0 Å². The molecule has 0 radical (unpaired) electrons. The third-order valence-corrected chi connectivity index (χ3v) is 0.896. The van der Waals surface area contributed by atoms with Crippen molar-refractivity contribution < 1.29 is 24.5 Å². The van der Waals surface area contributed by atoms with Gasteiger partial charge in [-0.25, -0.2) is 4.79 Å². The maximum absolute atomic E-state index is 10.5. The van der Waals surface area contributed by atoms with E-state index in [0.717, 1.165) is 0 Å². The Hall–Kier alpha value is -1.10. The molecular formula is C6H10O5. The zero-order valence-electron chi connectivity index (χ0n) is 5.95. The molecule has 0 amide bonds. The number of aliphatic hydroxyl groups is 1.